The Morgan fingerprint density at radius 2 is 1.90 bits per heavy atom. The SMILES string of the molecule is Cc1ccc(-c2nnc3c(Cl)nc(C)c(C)n23)cc1F. The smallest absolute Gasteiger partial charge is 0.199 e. The van der Waals surface area contributed by atoms with Gasteiger partial charge in [0.2, 0.25) is 0 Å². The van der Waals surface area contributed by atoms with Crippen molar-refractivity contribution in [2.75, 3.05) is 0 Å². The summed E-state index contributed by atoms with van der Waals surface area (Å²) in [6, 6.07) is 4.99. The summed E-state index contributed by atoms with van der Waals surface area (Å²) in [7, 11) is 0. The molecule has 2 aromatic heterocycles. The quantitative estimate of drug-likeness (QED) is 0.689. The van der Waals surface area contributed by atoms with E-state index in [9.17, 15) is 4.39 Å². The van der Waals surface area contributed by atoms with Gasteiger partial charge in [-0.25, -0.2) is 9.37 Å². The van der Waals surface area contributed by atoms with Crippen LogP contribution in [0, 0.1) is 26.6 Å². The molecule has 0 radical (unpaired) electrons. The van der Waals surface area contributed by atoms with Crippen LogP contribution in [0.2, 0.25) is 5.15 Å². The van der Waals surface area contributed by atoms with Gasteiger partial charge in [-0.1, -0.05) is 23.7 Å². The Morgan fingerprint density at radius 3 is 2.60 bits per heavy atom. The van der Waals surface area contributed by atoms with Crippen LogP contribution >= 0.6 is 11.6 Å². The summed E-state index contributed by atoms with van der Waals surface area (Å²) < 4.78 is 15.5. The predicted octanol–water partition coefficient (Wildman–Crippen LogP) is 3.51. The third-order valence-corrected chi connectivity index (χ3v) is 3.66. The lowest BCUT2D eigenvalue weighted by Gasteiger charge is -2.07. The van der Waals surface area contributed by atoms with Gasteiger partial charge in [0.25, 0.3) is 0 Å². The van der Waals surface area contributed by atoms with Crippen molar-refractivity contribution in [3.05, 3.63) is 46.1 Å². The molecule has 0 saturated heterocycles. The topological polar surface area (TPSA) is 43.1 Å². The molecule has 0 aliphatic carbocycles. The van der Waals surface area contributed by atoms with Crippen molar-refractivity contribution < 1.29 is 4.39 Å². The van der Waals surface area contributed by atoms with Gasteiger partial charge in [-0.3, -0.25) is 4.40 Å². The van der Waals surface area contributed by atoms with E-state index in [4.69, 9.17) is 11.6 Å². The Bertz CT molecular complexity index is 826. The molecule has 0 saturated carbocycles. The minimum Gasteiger partial charge on any atom is -0.275 e. The monoisotopic (exact) mass is 290 g/mol. The van der Waals surface area contributed by atoms with Crippen LogP contribution < -0.4 is 0 Å². The molecule has 2 heterocycles. The fraction of sp³-hybridized carbons (Fsp3) is 0.214. The van der Waals surface area contributed by atoms with E-state index in [0.717, 1.165) is 11.4 Å². The van der Waals surface area contributed by atoms with Crippen LogP contribution in [0.1, 0.15) is 17.0 Å². The van der Waals surface area contributed by atoms with Crippen LogP contribution in [-0.2, 0) is 0 Å². The van der Waals surface area contributed by atoms with Crippen molar-refractivity contribution in [2.45, 2.75) is 20.8 Å². The van der Waals surface area contributed by atoms with E-state index in [2.05, 4.69) is 15.2 Å². The first-order valence-electron chi connectivity index (χ1n) is 6.13. The number of hydrogen-bond acceptors (Lipinski definition) is 3. The van der Waals surface area contributed by atoms with Gasteiger partial charge < -0.3 is 0 Å². The summed E-state index contributed by atoms with van der Waals surface area (Å²) in [5.41, 5.74) is 3.40. The molecule has 0 fully saturated rings. The third-order valence-electron chi connectivity index (χ3n) is 3.40. The van der Waals surface area contributed by atoms with Gasteiger partial charge in [0.1, 0.15) is 5.82 Å². The average Bonchev–Trinajstić information content (AvgIpc) is 2.85. The van der Waals surface area contributed by atoms with E-state index in [1.165, 1.54) is 6.07 Å². The van der Waals surface area contributed by atoms with Crippen LogP contribution in [0.4, 0.5) is 4.39 Å². The first-order chi connectivity index (χ1) is 9.49. The van der Waals surface area contributed by atoms with E-state index >= 15 is 0 Å². The zero-order valence-corrected chi connectivity index (χ0v) is 12.0. The molecule has 0 spiro atoms. The number of aromatic nitrogens is 4. The molecule has 0 aliphatic rings. The molecule has 20 heavy (non-hydrogen) atoms. The lowest BCUT2D eigenvalue weighted by Crippen LogP contribution is -2.01. The molecule has 3 aromatic rings. The minimum atomic E-state index is -0.270. The molecule has 4 nitrogen and oxygen atoms in total. The first-order valence-corrected chi connectivity index (χ1v) is 6.51. The van der Waals surface area contributed by atoms with E-state index < -0.39 is 0 Å². The van der Waals surface area contributed by atoms with Crippen molar-refractivity contribution in [2.24, 2.45) is 0 Å². The maximum Gasteiger partial charge on any atom is 0.199 e. The second-order valence-corrected chi connectivity index (χ2v) is 5.08. The zero-order chi connectivity index (χ0) is 14.4. The molecule has 0 atom stereocenters. The maximum absolute atomic E-state index is 13.7. The van der Waals surface area contributed by atoms with Gasteiger partial charge in [0.05, 0.1) is 5.69 Å². The van der Waals surface area contributed by atoms with Crippen LogP contribution in [-0.4, -0.2) is 19.6 Å². The van der Waals surface area contributed by atoms with Crippen molar-refractivity contribution in [1.82, 2.24) is 19.6 Å². The Labute approximate surface area is 120 Å². The molecule has 0 unspecified atom stereocenters. The van der Waals surface area contributed by atoms with Crippen molar-refractivity contribution in [1.29, 1.82) is 0 Å². The summed E-state index contributed by atoms with van der Waals surface area (Å²) in [6.45, 7) is 5.49. The second-order valence-electron chi connectivity index (χ2n) is 4.72. The highest BCUT2D eigenvalue weighted by atomic mass is 35.5. The minimum absolute atomic E-state index is 0.270. The van der Waals surface area contributed by atoms with E-state index in [-0.39, 0.29) is 5.82 Å². The fourth-order valence-corrected chi connectivity index (χ4v) is 2.34. The average molecular weight is 291 g/mol. The largest absolute Gasteiger partial charge is 0.275 e. The molecular formula is C14H12ClFN4. The molecule has 0 aliphatic heterocycles. The Hall–Kier alpha value is -2.01. The summed E-state index contributed by atoms with van der Waals surface area (Å²) in [6.07, 6.45) is 0. The number of benzene rings is 1. The molecule has 0 N–H and O–H groups in total. The first kappa shape index (κ1) is 13.0. The molecule has 6 heteroatoms. The predicted molar refractivity (Wildman–Crippen MR) is 75.4 cm³/mol. The number of nitrogens with zero attached hydrogens (tertiary/aromatic N) is 4. The summed E-state index contributed by atoms with van der Waals surface area (Å²) in [5, 5.41) is 8.46. The summed E-state index contributed by atoms with van der Waals surface area (Å²) in [4.78, 5) is 4.21. The number of rotatable bonds is 1. The normalized spacial score (nSPS) is 11.2. The molecule has 0 amide bonds. The Morgan fingerprint density at radius 1 is 1.15 bits per heavy atom. The van der Waals surface area contributed by atoms with Gasteiger partial charge in [0.15, 0.2) is 16.6 Å². The molecule has 3 rings (SSSR count). The van der Waals surface area contributed by atoms with Crippen LogP contribution in [0.3, 0.4) is 0 Å². The Balaban J connectivity index is 2.34. The highest BCUT2D eigenvalue weighted by Crippen LogP contribution is 2.25. The van der Waals surface area contributed by atoms with Crippen molar-refractivity contribution in [3.63, 3.8) is 0 Å². The van der Waals surface area contributed by atoms with E-state index in [1.807, 2.05) is 19.9 Å². The van der Waals surface area contributed by atoms with Gasteiger partial charge in [-0.15, -0.1) is 10.2 Å². The van der Waals surface area contributed by atoms with Gasteiger partial charge in [0, 0.05) is 11.3 Å². The lowest BCUT2D eigenvalue weighted by molar-refractivity contribution is 0.619. The highest BCUT2D eigenvalue weighted by Gasteiger charge is 2.16. The number of aryl methyl sites for hydroxylation is 3. The van der Waals surface area contributed by atoms with Gasteiger partial charge in [-0.2, -0.15) is 0 Å². The van der Waals surface area contributed by atoms with Crippen LogP contribution in [0.15, 0.2) is 18.2 Å². The zero-order valence-electron chi connectivity index (χ0n) is 11.3. The number of hydrogen-bond donors (Lipinski definition) is 0. The number of fused-ring (bicyclic) bond motifs is 1. The summed E-state index contributed by atoms with van der Waals surface area (Å²) >= 11 is 6.08. The second kappa shape index (κ2) is 4.52. The Kier molecular flexibility index (Phi) is 2.94. The van der Waals surface area contributed by atoms with Gasteiger partial charge in [-0.05, 0) is 32.4 Å². The molecule has 1 aromatic carbocycles. The highest BCUT2D eigenvalue weighted by molar-refractivity contribution is 6.32. The van der Waals surface area contributed by atoms with Crippen LogP contribution in [0.5, 0.6) is 0 Å². The lowest BCUT2D eigenvalue weighted by atomic mass is 10.1. The van der Waals surface area contributed by atoms with Crippen LogP contribution in [0.25, 0.3) is 17.0 Å². The molecule has 102 valence electrons. The van der Waals surface area contributed by atoms with E-state index in [1.54, 1.807) is 17.4 Å². The number of halogens is 2. The third kappa shape index (κ3) is 1.86. The van der Waals surface area contributed by atoms with Crippen molar-refractivity contribution >= 4 is 17.2 Å². The van der Waals surface area contributed by atoms with E-state index in [0.29, 0.717) is 27.8 Å². The molecular weight excluding hydrogens is 279 g/mol. The standard InChI is InChI=1S/C14H12ClFN4/c1-7-4-5-10(6-11(7)16)13-18-19-14-12(15)17-8(2)9(3)20(13)14/h4-6H,1-3H3. The summed E-state index contributed by atoms with van der Waals surface area (Å²) in [5.74, 6) is 0.289. The van der Waals surface area contributed by atoms with Gasteiger partial charge >= 0.3 is 0 Å². The maximum atomic E-state index is 13.7. The molecule has 0 bridgehead atoms. The fourth-order valence-electron chi connectivity index (χ4n) is 2.09. The van der Waals surface area contributed by atoms with Crippen molar-refractivity contribution in [3.8, 4) is 11.4 Å².